The number of hydrogen-bond donors (Lipinski definition) is 1. The van der Waals surface area contributed by atoms with E-state index in [-0.39, 0.29) is 11.9 Å². The van der Waals surface area contributed by atoms with Gasteiger partial charge in [-0.15, -0.1) is 0 Å². The quantitative estimate of drug-likeness (QED) is 0.773. The number of carbonyl (C=O) groups excluding carboxylic acids is 1. The Kier molecular flexibility index (Phi) is 3.55. The molecule has 0 aliphatic heterocycles. The molecule has 1 unspecified atom stereocenters. The second-order valence-electron chi connectivity index (χ2n) is 3.14. The lowest BCUT2D eigenvalue weighted by molar-refractivity contribution is 0.0910. The zero-order valence-electron chi connectivity index (χ0n) is 8.04. The van der Waals surface area contributed by atoms with E-state index in [1.807, 2.05) is 6.92 Å². The third kappa shape index (κ3) is 2.93. The Labute approximate surface area is 78.1 Å². The van der Waals surface area contributed by atoms with Crippen LogP contribution in [0, 0.1) is 0 Å². The van der Waals surface area contributed by atoms with Crippen LogP contribution in [0.2, 0.25) is 0 Å². The number of carbonyl (C=O) groups is 1. The molecule has 0 aliphatic rings. The highest BCUT2D eigenvalue weighted by atomic mass is 16.3. The van der Waals surface area contributed by atoms with Gasteiger partial charge in [-0.25, -0.2) is 0 Å². The molecule has 1 aromatic rings. The van der Waals surface area contributed by atoms with Gasteiger partial charge in [-0.2, -0.15) is 0 Å². The van der Waals surface area contributed by atoms with Crippen molar-refractivity contribution in [3.8, 4) is 0 Å². The number of amides is 1. The molecule has 1 N–H and O–H groups in total. The minimum atomic E-state index is -0.133. The van der Waals surface area contributed by atoms with E-state index in [0.29, 0.717) is 5.76 Å². The van der Waals surface area contributed by atoms with E-state index in [1.54, 1.807) is 12.1 Å². The third-order valence-corrected chi connectivity index (χ3v) is 1.84. The maximum absolute atomic E-state index is 11.4. The van der Waals surface area contributed by atoms with Crippen LogP contribution < -0.4 is 5.32 Å². The Morgan fingerprint density at radius 3 is 3.00 bits per heavy atom. The SMILES string of the molecule is CCCC(C)NC(=O)c1ccco1. The number of furan rings is 1. The minimum absolute atomic E-state index is 0.133. The summed E-state index contributed by atoms with van der Waals surface area (Å²) in [6.45, 7) is 4.08. The Morgan fingerprint density at radius 2 is 2.46 bits per heavy atom. The van der Waals surface area contributed by atoms with Gasteiger partial charge in [-0.05, 0) is 25.5 Å². The van der Waals surface area contributed by atoms with Crippen molar-refractivity contribution >= 4 is 5.91 Å². The molecule has 1 atom stereocenters. The molecular weight excluding hydrogens is 166 g/mol. The molecule has 0 spiro atoms. The first-order valence-electron chi connectivity index (χ1n) is 4.58. The van der Waals surface area contributed by atoms with Crippen LogP contribution in [0.3, 0.4) is 0 Å². The summed E-state index contributed by atoms with van der Waals surface area (Å²) in [5.41, 5.74) is 0. The van der Waals surface area contributed by atoms with Crippen LogP contribution in [0.1, 0.15) is 37.2 Å². The van der Waals surface area contributed by atoms with Crippen molar-refractivity contribution in [3.05, 3.63) is 24.2 Å². The van der Waals surface area contributed by atoms with Gasteiger partial charge in [-0.1, -0.05) is 13.3 Å². The van der Waals surface area contributed by atoms with E-state index in [0.717, 1.165) is 12.8 Å². The van der Waals surface area contributed by atoms with Gasteiger partial charge in [0.25, 0.3) is 5.91 Å². The molecule has 0 saturated carbocycles. The van der Waals surface area contributed by atoms with E-state index < -0.39 is 0 Å². The van der Waals surface area contributed by atoms with Crippen LogP contribution in [-0.2, 0) is 0 Å². The molecule has 0 aromatic carbocycles. The largest absolute Gasteiger partial charge is 0.459 e. The molecule has 0 aliphatic carbocycles. The van der Waals surface area contributed by atoms with Crippen molar-refractivity contribution in [2.45, 2.75) is 32.7 Å². The van der Waals surface area contributed by atoms with Gasteiger partial charge in [0.1, 0.15) is 0 Å². The Hall–Kier alpha value is -1.25. The van der Waals surface area contributed by atoms with E-state index in [4.69, 9.17) is 4.42 Å². The summed E-state index contributed by atoms with van der Waals surface area (Å²) in [5.74, 6) is 0.244. The highest BCUT2D eigenvalue weighted by molar-refractivity contribution is 5.91. The number of hydrogen-bond acceptors (Lipinski definition) is 2. The fraction of sp³-hybridized carbons (Fsp3) is 0.500. The molecule has 1 rings (SSSR count). The van der Waals surface area contributed by atoms with Crippen LogP contribution in [-0.4, -0.2) is 11.9 Å². The van der Waals surface area contributed by atoms with Gasteiger partial charge in [-0.3, -0.25) is 4.79 Å². The third-order valence-electron chi connectivity index (χ3n) is 1.84. The second-order valence-corrected chi connectivity index (χ2v) is 3.14. The van der Waals surface area contributed by atoms with Crippen molar-refractivity contribution in [1.29, 1.82) is 0 Å². The first kappa shape index (κ1) is 9.84. The molecule has 1 amide bonds. The maximum atomic E-state index is 11.4. The first-order chi connectivity index (χ1) is 6.24. The molecule has 0 bridgehead atoms. The average Bonchev–Trinajstić information content (AvgIpc) is 2.55. The predicted octanol–water partition coefficient (Wildman–Crippen LogP) is 2.20. The van der Waals surface area contributed by atoms with Crippen molar-refractivity contribution in [1.82, 2.24) is 5.32 Å². The van der Waals surface area contributed by atoms with Crippen LogP contribution in [0.25, 0.3) is 0 Å². The summed E-state index contributed by atoms with van der Waals surface area (Å²) < 4.78 is 4.96. The molecule has 3 nitrogen and oxygen atoms in total. The lowest BCUT2D eigenvalue weighted by Crippen LogP contribution is -2.32. The Morgan fingerprint density at radius 1 is 1.69 bits per heavy atom. The monoisotopic (exact) mass is 181 g/mol. The minimum Gasteiger partial charge on any atom is -0.459 e. The fourth-order valence-electron chi connectivity index (χ4n) is 1.21. The summed E-state index contributed by atoms with van der Waals surface area (Å²) in [4.78, 5) is 11.4. The van der Waals surface area contributed by atoms with Crippen molar-refractivity contribution in [3.63, 3.8) is 0 Å². The molecule has 13 heavy (non-hydrogen) atoms. The molecule has 72 valence electrons. The standard InChI is InChI=1S/C10H15NO2/c1-3-5-8(2)11-10(12)9-6-4-7-13-9/h4,6-8H,3,5H2,1-2H3,(H,11,12). The van der Waals surface area contributed by atoms with Crippen LogP contribution in [0.5, 0.6) is 0 Å². The summed E-state index contributed by atoms with van der Waals surface area (Å²) in [6.07, 6.45) is 3.56. The van der Waals surface area contributed by atoms with Gasteiger partial charge in [0, 0.05) is 6.04 Å². The molecule has 1 aromatic heterocycles. The highest BCUT2D eigenvalue weighted by Gasteiger charge is 2.10. The lowest BCUT2D eigenvalue weighted by Gasteiger charge is -2.10. The summed E-state index contributed by atoms with van der Waals surface area (Å²) in [7, 11) is 0. The summed E-state index contributed by atoms with van der Waals surface area (Å²) in [6, 6.07) is 3.58. The molecule has 0 saturated heterocycles. The number of rotatable bonds is 4. The molecule has 3 heteroatoms. The molecule has 0 fully saturated rings. The van der Waals surface area contributed by atoms with Crippen molar-refractivity contribution in [2.24, 2.45) is 0 Å². The van der Waals surface area contributed by atoms with Crippen molar-refractivity contribution in [2.75, 3.05) is 0 Å². The maximum Gasteiger partial charge on any atom is 0.287 e. The van der Waals surface area contributed by atoms with Gasteiger partial charge < -0.3 is 9.73 Å². The predicted molar refractivity (Wildman–Crippen MR) is 50.5 cm³/mol. The first-order valence-corrected chi connectivity index (χ1v) is 4.58. The van der Waals surface area contributed by atoms with Gasteiger partial charge in [0.05, 0.1) is 6.26 Å². The summed E-state index contributed by atoms with van der Waals surface area (Å²) >= 11 is 0. The smallest absolute Gasteiger partial charge is 0.287 e. The van der Waals surface area contributed by atoms with Gasteiger partial charge in [0.15, 0.2) is 5.76 Å². The molecular formula is C10H15NO2. The highest BCUT2D eigenvalue weighted by Crippen LogP contribution is 2.01. The fourth-order valence-corrected chi connectivity index (χ4v) is 1.21. The van der Waals surface area contributed by atoms with E-state index in [9.17, 15) is 4.79 Å². The van der Waals surface area contributed by atoms with Crippen LogP contribution in [0.15, 0.2) is 22.8 Å². The zero-order valence-corrected chi connectivity index (χ0v) is 8.04. The van der Waals surface area contributed by atoms with Gasteiger partial charge >= 0.3 is 0 Å². The second kappa shape index (κ2) is 4.70. The summed E-state index contributed by atoms with van der Waals surface area (Å²) in [5, 5.41) is 2.85. The Balaban J connectivity index is 2.42. The van der Waals surface area contributed by atoms with Gasteiger partial charge in [0.2, 0.25) is 0 Å². The van der Waals surface area contributed by atoms with E-state index >= 15 is 0 Å². The van der Waals surface area contributed by atoms with Crippen molar-refractivity contribution < 1.29 is 9.21 Å². The Bertz CT molecular complexity index is 254. The topological polar surface area (TPSA) is 42.2 Å². The molecule has 0 radical (unpaired) electrons. The zero-order chi connectivity index (χ0) is 9.68. The van der Waals surface area contributed by atoms with E-state index in [1.165, 1.54) is 6.26 Å². The molecule has 1 heterocycles. The number of nitrogens with one attached hydrogen (secondary N) is 1. The van der Waals surface area contributed by atoms with Crippen LogP contribution in [0.4, 0.5) is 0 Å². The van der Waals surface area contributed by atoms with Crippen LogP contribution >= 0.6 is 0 Å². The normalized spacial score (nSPS) is 12.5. The average molecular weight is 181 g/mol. The lowest BCUT2D eigenvalue weighted by atomic mass is 10.2. The van der Waals surface area contributed by atoms with E-state index in [2.05, 4.69) is 12.2 Å².